The second-order valence-corrected chi connectivity index (χ2v) is 7.46. The largest absolute Gasteiger partial charge is 0.573 e. The molecular weight excluding hydrogens is 427 g/mol. The predicted octanol–water partition coefficient (Wildman–Crippen LogP) is 3.52. The fourth-order valence-electron chi connectivity index (χ4n) is 3.74. The molecular formula is C21H20F3N5O3. The Morgan fingerprint density at radius 2 is 1.75 bits per heavy atom. The smallest absolute Gasteiger partial charge is 0.481 e. The van der Waals surface area contributed by atoms with Crippen LogP contribution in [-0.4, -0.2) is 55.4 Å². The molecule has 1 fully saturated rings. The van der Waals surface area contributed by atoms with E-state index in [0.29, 0.717) is 49.6 Å². The standard InChI is InChI=1S/C21H20F3N5O3/c22-21(23,24)32-17-3-1-16(2-4-17)29-19(14-5-9-25-10-6-14)18(26-27-29)13-28-11-7-15(8-12-28)20(30)31/h1-6,9-10,15H,7-8,11-13H2,(H,30,31). The molecule has 2 aromatic heterocycles. The van der Waals surface area contributed by atoms with Crippen LogP contribution in [0.2, 0.25) is 0 Å². The molecule has 0 amide bonds. The Morgan fingerprint density at radius 1 is 1.09 bits per heavy atom. The Bertz CT molecular complexity index is 1060. The lowest BCUT2D eigenvalue weighted by molar-refractivity contribution is -0.274. The number of piperidine rings is 1. The molecule has 0 radical (unpaired) electrons. The van der Waals surface area contributed by atoms with Gasteiger partial charge in [-0.3, -0.25) is 14.7 Å². The first-order chi connectivity index (χ1) is 15.3. The number of aromatic nitrogens is 4. The minimum absolute atomic E-state index is 0.326. The quantitative estimate of drug-likeness (QED) is 0.618. The molecule has 1 saturated heterocycles. The van der Waals surface area contributed by atoms with Crippen LogP contribution >= 0.6 is 0 Å². The lowest BCUT2D eigenvalue weighted by Crippen LogP contribution is -2.36. The Morgan fingerprint density at radius 3 is 2.34 bits per heavy atom. The lowest BCUT2D eigenvalue weighted by atomic mass is 9.97. The average Bonchev–Trinajstić information content (AvgIpc) is 3.17. The molecule has 1 aromatic carbocycles. The van der Waals surface area contributed by atoms with Gasteiger partial charge in [-0.15, -0.1) is 18.3 Å². The molecule has 3 heterocycles. The summed E-state index contributed by atoms with van der Waals surface area (Å²) >= 11 is 0. The molecule has 3 aromatic rings. The monoisotopic (exact) mass is 447 g/mol. The van der Waals surface area contributed by atoms with E-state index in [2.05, 4.69) is 24.9 Å². The Labute approximate surface area is 181 Å². The molecule has 32 heavy (non-hydrogen) atoms. The SMILES string of the molecule is O=C(O)C1CCN(Cc2nnn(-c3ccc(OC(F)(F)F)cc3)c2-c2ccncc2)CC1. The number of rotatable bonds is 6. The van der Waals surface area contributed by atoms with E-state index in [-0.39, 0.29) is 11.7 Å². The molecule has 0 saturated carbocycles. The Kier molecular flexibility index (Phi) is 6.08. The van der Waals surface area contributed by atoms with Crippen molar-refractivity contribution >= 4 is 5.97 Å². The average molecular weight is 447 g/mol. The Balaban J connectivity index is 1.61. The summed E-state index contributed by atoms with van der Waals surface area (Å²) < 4.78 is 42.9. The van der Waals surface area contributed by atoms with Gasteiger partial charge in [0.2, 0.25) is 0 Å². The maximum Gasteiger partial charge on any atom is 0.573 e. The zero-order chi connectivity index (χ0) is 22.7. The molecule has 0 aliphatic carbocycles. The highest BCUT2D eigenvalue weighted by Gasteiger charge is 2.31. The summed E-state index contributed by atoms with van der Waals surface area (Å²) in [5, 5.41) is 17.8. The van der Waals surface area contributed by atoms with Gasteiger partial charge in [0.25, 0.3) is 0 Å². The van der Waals surface area contributed by atoms with Gasteiger partial charge in [-0.1, -0.05) is 5.21 Å². The van der Waals surface area contributed by atoms with Gasteiger partial charge in [0.15, 0.2) is 0 Å². The van der Waals surface area contributed by atoms with E-state index in [1.165, 1.54) is 24.3 Å². The van der Waals surface area contributed by atoms with E-state index in [1.54, 1.807) is 29.2 Å². The van der Waals surface area contributed by atoms with Crippen LogP contribution in [0.4, 0.5) is 13.2 Å². The maximum atomic E-state index is 12.5. The summed E-state index contributed by atoms with van der Waals surface area (Å²) in [6.45, 7) is 1.73. The van der Waals surface area contributed by atoms with E-state index < -0.39 is 12.3 Å². The summed E-state index contributed by atoms with van der Waals surface area (Å²) in [6.07, 6.45) is -0.369. The highest BCUT2D eigenvalue weighted by molar-refractivity contribution is 5.70. The first kappa shape index (κ1) is 21.8. The number of pyridine rings is 1. The minimum Gasteiger partial charge on any atom is -0.481 e. The molecule has 1 aliphatic rings. The van der Waals surface area contributed by atoms with E-state index in [9.17, 15) is 23.1 Å². The number of hydrogen-bond donors (Lipinski definition) is 1. The number of benzene rings is 1. The normalized spacial score (nSPS) is 15.6. The van der Waals surface area contributed by atoms with Crippen molar-refractivity contribution in [2.45, 2.75) is 25.7 Å². The number of alkyl halides is 3. The van der Waals surface area contributed by atoms with E-state index in [4.69, 9.17) is 0 Å². The number of carbonyl (C=O) groups is 1. The highest BCUT2D eigenvalue weighted by atomic mass is 19.4. The second-order valence-electron chi connectivity index (χ2n) is 7.46. The van der Waals surface area contributed by atoms with Crippen molar-refractivity contribution < 1.29 is 27.8 Å². The fourth-order valence-corrected chi connectivity index (χ4v) is 3.74. The van der Waals surface area contributed by atoms with Crippen molar-refractivity contribution in [2.24, 2.45) is 5.92 Å². The molecule has 0 unspecified atom stereocenters. The van der Waals surface area contributed by atoms with Crippen LogP contribution in [0.1, 0.15) is 18.5 Å². The summed E-state index contributed by atoms with van der Waals surface area (Å²) in [4.78, 5) is 17.4. The van der Waals surface area contributed by atoms with Crippen LogP contribution in [-0.2, 0) is 11.3 Å². The number of hydrogen-bond acceptors (Lipinski definition) is 6. The van der Waals surface area contributed by atoms with Crippen molar-refractivity contribution in [3.63, 3.8) is 0 Å². The van der Waals surface area contributed by atoms with Crippen molar-refractivity contribution in [3.05, 3.63) is 54.5 Å². The minimum atomic E-state index is -4.77. The first-order valence-corrected chi connectivity index (χ1v) is 9.96. The summed E-state index contributed by atoms with van der Waals surface area (Å²) in [5.41, 5.74) is 2.70. The first-order valence-electron chi connectivity index (χ1n) is 9.96. The van der Waals surface area contributed by atoms with Gasteiger partial charge >= 0.3 is 12.3 Å². The topological polar surface area (TPSA) is 93.4 Å². The van der Waals surface area contributed by atoms with Gasteiger partial charge in [0.1, 0.15) is 11.4 Å². The number of carboxylic acid groups (broad SMARTS) is 1. The van der Waals surface area contributed by atoms with Crippen LogP contribution in [0.15, 0.2) is 48.8 Å². The molecule has 11 heteroatoms. The molecule has 0 atom stereocenters. The summed E-state index contributed by atoms with van der Waals surface area (Å²) in [5.74, 6) is -1.43. The molecule has 4 rings (SSSR count). The summed E-state index contributed by atoms with van der Waals surface area (Å²) in [6, 6.07) is 8.99. The fraction of sp³-hybridized carbons (Fsp3) is 0.333. The van der Waals surface area contributed by atoms with Gasteiger partial charge in [0.05, 0.1) is 17.3 Å². The van der Waals surface area contributed by atoms with Gasteiger partial charge in [-0.2, -0.15) is 0 Å². The van der Waals surface area contributed by atoms with Crippen molar-refractivity contribution in [1.29, 1.82) is 0 Å². The van der Waals surface area contributed by atoms with Gasteiger partial charge in [0, 0.05) is 24.5 Å². The number of ether oxygens (including phenoxy) is 1. The van der Waals surface area contributed by atoms with Crippen molar-refractivity contribution in [2.75, 3.05) is 13.1 Å². The third kappa shape index (κ3) is 5.05. The third-order valence-electron chi connectivity index (χ3n) is 5.32. The number of likely N-dealkylation sites (tertiary alicyclic amines) is 1. The second kappa shape index (κ2) is 8.95. The third-order valence-corrected chi connectivity index (χ3v) is 5.32. The zero-order valence-corrected chi connectivity index (χ0v) is 16.9. The number of nitrogens with zero attached hydrogens (tertiary/aromatic N) is 5. The molecule has 8 nitrogen and oxygen atoms in total. The molecule has 1 aliphatic heterocycles. The number of halogens is 3. The van der Waals surface area contributed by atoms with Crippen LogP contribution < -0.4 is 4.74 Å². The number of aliphatic carboxylic acids is 1. The van der Waals surface area contributed by atoms with Crippen molar-refractivity contribution in [1.82, 2.24) is 24.9 Å². The van der Waals surface area contributed by atoms with E-state index in [0.717, 1.165) is 5.56 Å². The maximum absolute atomic E-state index is 12.5. The van der Waals surface area contributed by atoms with Crippen LogP contribution in [0, 0.1) is 5.92 Å². The van der Waals surface area contributed by atoms with Gasteiger partial charge < -0.3 is 9.84 Å². The predicted molar refractivity (Wildman–Crippen MR) is 107 cm³/mol. The van der Waals surface area contributed by atoms with E-state index >= 15 is 0 Å². The number of carboxylic acids is 1. The molecule has 0 spiro atoms. The van der Waals surface area contributed by atoms with Gasteiger partial charge in [-0.05, 0) is 62.3 Å². The molecule has 1 N–H and O–H groups in total. The van der Waals surface area contributed by atoms with Crippen molar-refractivity contribution in [3.8, 4) is 22.7 Å². The molecule has 168 valence electrons. The van der Waals surface area contributed by atoms with Crippen LogP contribution in [0.3, 0.4) is 0 Å². The van der Waals surface area contributed by atoms with Gasteiger partial charge in [-0.25, -0.2) is 4.68 Å². The zero-order valence-electron chi connectivity index (χ0n) is 16.9. The molecule has 0 bridgehead atoms. The van der Waals surface area contributed by atoms with Crippen LogP contribution in [0.25, 0.3) is 16.9 Å². The summed E-state index contributed by atoms with van der Waals surface area (Å²) in [7, 11) is 0. The Hall–Kier alpha value is -3.47. The lowest BCUT2D eigenvalue weighted by Gasteiger charge is -2.29. The van der Waals surface area contributed by atoms with E-state index in [1.807, 2.05) is 0 Å². The van der Waals surface area contributed by atoms with Crippen LogP contribution in [0.5, 0.6) is 5.75 Å². The highest BCUT2D eigenvalue weighted by Crippen LogP contribution is 2.29.